The molecule has 0 spiro atoms. The Morgan fingerprint density at radius 3 is 2.59 bits per heavy atom. The number of nitrogens with zero attached hydrogens (tertiary/aromatic N) is 1. The van der Waals surface area contributed by atoms with Crippen LogP contribution in [0.15, 0.2) is 45.9 Å². The molecule has 1 N–H and O–H groups in total. The molecule has 0 saturated carbocycles. The number of ether oxygens (including phenoxy) is 1. The van der Waals surface area contributed by atoms with Crippen LogP contribution in [-0.2, 0) is 21.2 Å². The summed E-state index contributed by atoms with van der Waals surface area (Å²) in [5, 5.41) is 3.73. The fraction of sp³-hybridized carbons (Fsp3) is 0.375. The number of carbonyl (C=O) groups excluding carboxylic acids is 1. The summed E-state index contributed by atoms with van der Waals surface area (Å²) in [5.74, 6) is 0.0117. The highest BCUT2D eigenvalue weighted by atomic mass is 32.2. The van der Waals surface area contributed by atoms with Crippen molar-refractivity contribution < 1.29 is 22.4 Å². The number of methoxy groups -OCH3 is 1. The lowest BCUT2D eigenvalue weighted by molar-refractivity contribution is -0.115. The predicted molar refractivity (Wildman–Crippen MR) is 124 cm³/mol. The average molecular weight is 457 g/mol. The van der Waals surface area contributed by atoms with Gasteiger partial charge in [-0.05, 0) is 56.0 Å². The summed E-state index contributed by atoms with van der Waals surface area (Å²) in [6, 6.07) is 8.66. The minimum atomic E-state index is -3.71. The molecule has 1 amide bonds. The van der Waals surface area contributed by atoms with Crippen molar-refractivity contribution in [2.45, 2.75) is 44.4 Å². The Labute approximate surface area is 188 Å². The molecule has 2 heterocycles. The smallest absolute Gasteiger partial charge is 0.246 e. The van der Waals surface area contributed by atoms with Crippen LogP contribution >= 0.6 is 0 Å². The fourth-order valence-corrected chi connectivity index (χ4v) is 5.80. The second kappa shape index (κ2) is 8.96. The van der Waals surface area contributed by atoms with Crippen molar-refractivity contribution in [3.05, 3.63) is 53.3 Å². The number of piperidine rings is 1. The van der Waals surface area contributed by atoms with Gasteiger partial charge >= 0.3 is 0 Å². The van der Waals surface area contributed by atoms with E-state index >= 15 is 0 Å². The van der Waals surface area contributed by atoms with Crippen molar-refractivity contribution in [2.75, 3.05) is 25.5 Å². The van der Waals surface area contributed by atoms with Crippen LogP contribution in [0.5, 0.6) is 5.75 Å². The van der Waals surface area contributed by atoms with Crippen LogP contribution < -0.4 is 10.1 Å². The maximum Gasteiger partial charge on any atom is 0.246 e. The summed E-state index contributed by atoms with van der Waals surface area (Å²) in [5.41, 5.74) is 4.16. The summed E-state index contributed by atoms with van der Waals surface area (Å²) >= 11 is 0. The lowest BCUT2D eigenvalue weighted by Gasteiger charge is -2.26. The van der Waals surface area contributed by atoms with E-state index in [4.69, 9.17) is 9.15 Å². The summed E-state index contributed by atoms with van der Waals surface area (Å²) in [6.07, 6.45) is 4.44. The summed E-state index contributed by atoms with van der Waals surface area (Å²) in [6.45, 7) is 5.00. The van der Waals surface area contributed by atoms with Gasteiger partial charge in [0, 0.05) is 29.7 Å². The Bertz CT molecular complexity index is 1260. The van der Waals surface area contributed by atoms with Gasteiger partial charge in [0.2, 0.25) is 15.9 Å². The lowest BCUT2D eigenvalue weighted by atomic mass is 10.0. The quantitative estimate of drug-likeness (QED) is 0.593. The third-order valence-corrected chi connectivity index (χ3v) is 7.99. The molecule has 1 aliphatic heterocycles. The minimum absolute atomic E-state index is 0.0690. The summed E-state index contributed by atoms with van der Waals surface area (Å²) in [4.78, 5) is 12.8. The number of aryl methyl sites for hydroxylation is 2. The SMILES string of the molecule is COc1ccc(NC(=O)Cc2coc3c(C)c(C)ccc23)cc1S(=O)(=O)N1CCCCC1. The number of rotatable bonds is 6. The molecular weight excluding hydrogens is 428 g/mol. The first-order chi connectivity index (χ1) is 15.3. The third-order valence-electron chi connectivity index (χ3n) is 6.07. The van der Waals surface area contributed by atoms with Gasteiger partial charge in [-0.15, -0.1) is 0 Å². The van der Waals surface area contributed by atoms with E-state index in [0.29, 0.717) is 18.8 Å². The molecule has 2 aromatic carbocycles. The predicted octanol–water partition coefficient (Wildman–Crippen LogP) is 4.41. The zero-order valence-corrected chi connectivity index (χ0v) is 19.4. The van der Waals surface area contributed by atoms with Crippen molar-refractivity contribution in [1.82, 2.24) is 4.31 Å². The first-order valence-corrected chi connectivity index (χ1v) is 12.2. The van der Waals surface area contributed by atoms with E-state index in [1.807, 2.05) is 26.0 Å². The van der Waals surface area contributed by atoms with Crippen LogP contribution in [0.3, 0.4) is 0 Å². The fourth-order valence-electron chi connectivity index (χ4n) is 4.10. The molecule has 1 aliphatic rings. The molecule has 7 nitrogen and oxygen atoms in total. The second-order valence-corrected chi connectivity index (χ2v) is 10.1. The zero-order chi connectivity index (χ0) is 22.9. The number of sulfonamides is 1. The van der Waals surface area contributed by atoms with Gasteiger partial charge in [-0.3, -0.25) is 4.79 Å². The minimum Gasteiger partial charge on any atom is -0.495 e. The first-order valence-electron chi connectivity index (χ1n) is 10.8. The maximum atomic E-state index is 13.2. The molecule has 170 valence electrons. The zero-order valence-electron chi connectivity index (χ0n) is 18.6. The van der Waals surface area contributed by atoms with Gasteiger partial charge < -0.3 is 14.5 Å². The molecule has 3 aromatic rings. The van der Waals surface area contributed by atoms with Crippen molar-refractivity contribution in [1.29, 1.82) is 0 Å². The van der Waals surface area contributed by atoms with E-state index in [1.54, 1.807) is 18.4 Å². The van der Waals surface area contributed by atoms with E-state index < -0.39 is 10.0 Å². The number of furan rings is 1. The van der Waals surface area contributed by atoms with E-state index in [-0.39, 0.29) is 23.0 Å². The highest BCUT2D eigenvalue weighted by Crippen LogP contribution is 2.31. The molecule has 4 rings (SSSR count). The van der Waals surface area contributed by atoms with Gasteiger partial charge in [0.1, 0.15) is 16.2 Å². The number of nitrogens with one attached hydrogen (secondary N) is 1. The number of amides is 1. The molecule has 0 unspecified atom stereocenters. The van der Waals surface area contributed by atoms with Gasteiger partial charge in [0.05, 0.1) is 19.8 Å². The highest BCUT2D eigenvalue weighted by Gasteiger charge is 2.29. The van der Waals surface area contributed by atoms with Crippen LogP contribution in [0.1, 0.15) is 36.0 Å². The van der Waals surface area contributed by atoms with Crippen LogP contribution in [0.4, 0.5) is 5.69 Å². The molecular formula is C24H28N2O5S. The molecule has 8 heteroatoms. The molecule has 0 atom stereocenters. The molecule has 32 heavy (non-hydrogen) atoms. The number of hydrogen-bond acceptors (Lipinski definition) is 5. The van der Waals surface area contributed by atoms with Gasteiger partial charge in [-0.1, -0.05) is 18.6 Å². The Morgan fingerprint density at radius 1 is 1.12 bits per heavy atom. The Kier molecular flexibility index (Phi) is 6.26. The van der Waals surface area contributed by atoms with Gasteiger partial charge in [-0.2, -0.15) is 4.31 Å². The van der Waals surface area contributed by atoms with E-state index in [9.17, 15) is 13.2 Å². The van der Waals surface area contributed by atoms with Crippen molar-refractivity contribution >= 4 is 32.6 Å². The van der Waals surface area contributed by atoms with Crippen molar-refractivity contribution in [3.63, 3.8) is 0 Å². The number of hydrogen-bond donors (Lipinski definition) is 1. The molecule has 1 fully saturated rings. The second-order valence-electron chi connectivity index (χ2n) is 8.20. The third kappa shape index (κ3) is 4.25. The van der Waals surface area contributed by atoms with Crippen LogP contribution in [0.25, 0.3) is 11.0 Å². The Hall–Kier alpha value is -2.84. The summed E-state index contributed by atoms with van der Waals surface area (Å²) in [7, 11) is -2.27. The van der Waals surface area contributed by atoms with Crippen LogP contribution in [0.2, 0.25) is 0 Å². The molecule has 1 saturated heterocycles. The number of fused-ring (bicyclic) bond motifs is 1. The number of benzene rings is 2. The Balaban J connectivity index is 1.56. The molecule has 0 bridgehead atoms. The normalized spacial score (nSPS) is 15.1. The lowest BCUT2D eigenvalue weighted by Crippen LogP contribution is -2.35. The molecule has 0 aliphatic carbocycles. The number of anilines is 1. The van der Waals surface area contributed by atoms with E-state index in [2.05, 4.69) is 5.32 Å². The largest absolute Gasteiger partial charge is 0.495 e. The molecule has 1 aromatic heterocycles. The first kappa shape index (κ1) is 22.4. The monoisotopic (exact) mass is 456 g/mol. The topological polar surface area (TPSA) is 88.8 Å². The molecule has 0 radical (unpaired) electrons. The maximum absolute atomic E-state index is 13.2. The Morgan fingerprint density at radius 2 is 1.88 bits per heavy atom. The summed E-state index contributed by atoms with van der Waals surface area (Å²) < 4.78 is 38.9. The van der Waals surface area contributed by atoms with E-state index in [0.717, 1.165) is 46.9 Å². The van der Waals surface area contributed by atoms with Crippen molar-refractivity contribution in [3.8, 4) is 5.75 Å². The van der Waals surface area contributed by atoms with Gasteiger partial charge in [0.15, 0.2) is 0 Å². The van der Waals surface area contributed by atoms with Gasteiger partial charge in [0.25, 0.3) is 0 Å². The average Bonchev–Trinajstić information content (AvgIpc) is 3.20. The number of carbonyl (C=O) groups is 1. The van der Waals surface area contributed by atoms with Gasteiger partial charge in [-0.25, -0.2) is 8.42 Å². The van der Waals surface area contributed by atoms with Crippen LogP contribution in [0, 0.1) is 13.8 Å². The van der Waals surface area contributed by atoms with Crippen LogP contribution in [-0.4, -0.2) is 38.8 Å². The van der Waals surface area contributed by atoms with Crippen molar-refractivity contribution in [2.24, 2.45) is 0 Å². The van der Waals surface area contributed by atoms with E-state index in [1.165, 1.54) is 17.5 Å². The standard InChI is InChI=1S/C24H28N2O5S/c1-16-7-9-20-18(15-31-24(20)17(16)2)13-23(27)25-19-8-10-21(30-3)22(14-19)32(28,29)26-11-5-4-6-12-26/h7-10,14-15H,4-6,11-13H2,1-3H3,(H,25,27). The highest BCUT2D eigenvalue weighted by molar-refractivity contribution is 7.89.